The van der Waals surface area contributed by atoms with Crippen LogP contribution in [0.25, 0.3) is 0 Å². The third-order valence-electron chi connectivity index (χ3n) is 3.27. The van der Waals surface area contributed by atoms with Crippen LogP contribution in [0.5, 0.6) is 0 Å². The SMILES string of the molecule is NC(=O)C1CCN(Cc2cc(C(=O)O)co2)CC1. The molecule has 18 heavy (non-hydrogen) atoms. The number of amides is 1. The van der Waals surface area contributed by atoms with Gasteiger partial charge in [-0.05, 0) is 32.0 Å². The van der Waals surface area contributed by atoms with E-state index in [1.165, 1.54) is 12.3 Å². The summed E-state index contributed by atoms with van der Waals surface area (Å²) >= 11 is 0. The average Bonchev–Trinajstić information content (AvgIpc) is 2.78. The molecule has 1 saturated heterocycles. The van der Waals surface area contributed by atoms with Crippen molar-refractivity contribution in [3.8, 4) is 0 Å². The lowest BCUT2D eigenvalue weighted by molar-refractivity contribution is -0.123. The Hall–Kier alpha value is -1.82. The zero-order valence-corrected chi connectivity index (χ0v) is 9.96. The first-order valence-corrected chi connectivity index (χ1v) is 5.88. The van der Waals surface area contributed by atoms with Gasteiger partial charge in [-0.1, -0.05) is 0 Å². The molecule has 2 heterocycles. The molecular formula is C12H16N2O4. The van der Waals surface area contributed by atoms with Crippen molar-refractivity contribution in [3.05, 3.63) is 23.7 Å². The molecule has 0 atom stereocenters. The van der Waals surface area contributed by atoms with Gasteiger partial charge < -0.3 is 15.3 Å². The van der Waals surface area contributed by atoms with Crippen LogP contribution in [0, 0.1) is 5.92 Å². The Labute approximate surface area is 104 Å². The van der Waals surface area contributed by atoms with E-state index in [-0.39, 0.29) is 17.4 Å². The summed E-state index contributed by atoms with van der Waals surface area (Å²) in [5.41, 5.74) is 5.42. The van der Waals surface area contributed by atoms with Crippen molar-refractivity contribution in [2.24, 2.45) is 11.7 Å². The van der Waals surface area contributed by atoms with E-state index in [9.17, 15) is 9.59 Å². The first-order valence-electron chi connectivity index (χ1n) is 5.88. The van der Waals surface area contributed by atoms with Gasteiger partial charge in [-0.3, -0.25) is 9.69 Å². The number of carboxylic acids is 1. The van der Waals surface area contributed by atoms with Crippen LogP contribution in [-0.4, -0.2) is 35.0 Å². The molecule has 0 bridgehead atoms. The number of hydrogen-bond donors (Lipinski definition) is 2. The van der Waals surface area contributed by atoms with Crippen molar-refractivity contribution in [1.82, 2.24) is 4.90 Å². The van der Waals surface area contributed by atoms with Crippen LogP contribution in [0.1, 0.15) is 29.0 Å². The van der Waals surface area contributed by atoms with Crippen molar-refractivity contribution in [2.75, 3.05) is 13.1 Å². The standard InChI is InChI=1S/C12H16N2O4/c13-11(15)8-1-3-14(4-2-8)6-10-5-9(7-18-10)12(16)17/h5,7-8H,1-4,6H2,(H2,13,15)(H,16,17). The van der Waals surface area contributed by atoms with Crippen LogP contribution >= 0.6 is 0 Å². The van der Waals surface area contributed by atoms with E-state index in [0.717, 1.165) is 25.9 Å². The van der Waals surface area contributed by atoms with Gasteiger partial charge in [0.25, 0.3) is 0 Å². The first-order chi connectivity index (χ1) is 8.56. The fraction of sp³-hybridized carbons (Fsp3) is 0.500. The molecule has 1 aromatic heterocycles. The minimum absolute atomic E-state index is 0.0348. The Morgan fingerprint density at radius 3 is 2.61 bits per heavy atom. The highest BCUT2D eigenvalue weighted by atomic mass is 16.4. The first kappa shape index (κ1) is 12.6. The van der Waals surface area contributed by atoms with Gasteiger partial charge in [-0.2, -0.15) is 0 Å². The van der Waals surface area contributed by atoms with Crippen molar-refractivity contribution in [3.63, 3.8) is 0 Å². The third-order valence-corrected chi connectivity index (χ3v) is 3.27. The minimum atomic E-state index is -0.988. The van der Waals surface area contributed by atoms with Gasteiger partial charge in [0, 0.05) is 5.92 Å². The van der Waals surface area contributed by atoms with E-state index in [1.807, 2.05) is 0 Å². The summed E-state index contributed by atoms with van der Waals surface area (Å²) in [5.74, 6) is -0.629. The number of carbonyl (C=O) groups excluding carboxylic acids is 1. The Balaban J connectivity index is 1.87. The molecule has 1 fully saturated rings. The monoisotopic (exact) mass is 252 g/mol. The second kappa shape index (κ2) is 5.22. The highest BCUT2D eigenvalue weighted by molar-refractivity contribution is 5.87. The van der Waals surface area contributed by atoms with Gasteiger partial charge in [0.1, 0.15) is 12.0 Å². The lowest BCUT2D eigenvalue weighted by Crippen LogP contribution is -2.38. The molecule has 2 rings (SSSR count). The van der Waals surface area contributed by atoms with E-state index in [2.05, 4.69) is 4.90 Å². The van der Waals surface area contributed by atoms with E-state index >= 15 is 0 Å². The third kappa shape index (κ3) is 2.89. The lowest BCUT2D eigenvalue weighted by atomic mass is 9.96. The van der Waals surface area contributed by atoms with Gasteiger partial charge >= 0.3 is 5.97 Å². The molecule has 3 N–H and O–H groups in total. The van der Waals surface area contributed by atoms with E-state index in [4.69, 9.17) is 15.3 Å². The van der Waals surface area contributed by atoms with Crippen LogP contribution in [0.15, 0.2) is 16.7 Å². The quantitative estimate of drug-likeness (QED) is 0.821. The molecule has 98 valence electrons. The summed E-state index contributed by atoms with van der Waals surface area (Å²) in [5, 5.41) is 8.77. The number of piperidine rings is 1. The molecule has 1 aliphatic rings. The predicted octanol–water partition coefficient (Wildman–Crippen LogP) is 0.675. The van der Waals surface area contributed by atoms with Gasteiger partial charge in [0.15, 0.2) is 0 Å². The maximum Gasteiger partial charge on any atom is 0.338 e. The fourth-order valence-electron chi connectivity index (χ4n) is 2.17. The predicted molar refractivity (Wildman–Crippen MR) is 62.9 cm³/mol. The number of carboxylic acid groups (broad SMARTS) is 1. The van der Waals surface area contributed by atoms with Gasteiger partial charge in [-0.15, -0.1) is 0 Å². The second-order valence-electron chi connectivity index (χ2n) is 4.56. The number of nitrogens with two attached hydrogens (primary N) is 1. The van der Waals surface area contributed by atoms with Crippen molar-refractivity contribution in [1.29, 1.82) is 0 Å². The molecule has 0 unspecified atom stereocenters. The number of aromatic carboxylic acids is 1. The molecule has 6 nitrogen and oxygen atoms in total. The van der Waals surface area contributed by atoms with Crippen molar-refractivity contribution < 1.29 is 19.1 Å². The molecule has 6 heteroatoms. The summed E-state index contributed by atoms with van der Waals surface area (Å²) in [6.45, 7) is 2.12. The van der Waals surface area contributed by atoms with Crippen molar-refractivity contribution in [2.45, 2.75) is 19.4 Å². The molecule has 1 aliphatic heterocycles. The topological polar surface area (TPSA) is 96.8 Å². The Kier molecular flexibility index (Phi) is 3.66. The van der Waals surface area contributed by atoms with Crippen LogP contribution in [-0.2, 0) is 11.3 Å². The Morgan fingerprint density at radius 2 is 2.11 bits per heavy atom. The van der Waals surface area contributed by atoms with Crippen molar-refractivity contribution >= 4 is 11.9 Å². The molecule has 0 radical (unpaired) electrons. The summed E-state index contributed by atoms with van der Waals surface area (Å²) < 4.78 is 5.19. The van der Waals surface area contributed by atoms with Crippen LogP contribution in [0.3, 0.4) is 0 Å². The van der Waals surface area contributed by atoms with Crippen LogP contribution in [0.2, 0.25) is 0 Å². The summed E-state index contributed by atoms with van der Waals surface area (Å²) in [6.07, 6.45) is 2.75. The van der Waals surface area contributed by atoms with E-state index in [0.29, 0.717) is 12.3 Å². The number of hydrogen-bond acceptors (Lipinski definition) is 4. The highest BCUT2D eigenvalue weighted by Gasteiger charge is 2.23. The number of primary amides is 1. The zero-order chi connectivity index (χ0) is 13.1. The maximum absolute atomic E-state index is 11.0. The smallest absolute Gasteiger partial charge is 0.338 e. The zero-order valence-electron chi connectivity index (χ0n) is 9.96. The molecular weight excluding hydrogens is 236 g/mol. The highest BCUT2D eigenvalue weighted by Crippen LogP contribution is 2.19. The molecule has 0 aromatic carbocycles. The fourth-order valence-corrected chi connectivity index (χ4v) is 2.17. The normalized spacial score (nSPS) is 17.8. The van der Waals surface area contributed by atoms with E-state index < -0.39 is 5.97 Å². The van der Waals surface area contributed by atoms with E-state index in [1.54, 1.807) is 0 Å². The molecule has 0 spiro atoms. The maximum atomic E-state index is 11.0. The van der Waals surface area contributed by atoms with Crippen LogP contribution in [0.4, 0.5) is 0 Å². The molecule has 1 aromatic rings. The van der Waals surface area contributed by atoms with Gasteiger partial charge in [0.05, 0.1) is 12.1 Å². The van der Waals surface area contributed by atoms with Gasteiger partial charge in [-0.25, -0.2) is 4.79 Å². The largest absolute Gasteiger partial charge is 0.478 e. The number of carbonyl (C=O) groups is 2. The Morgan fingerprint density at radius 1 is 1.44 bits per heavy atom. The Bertz CT molecular complexity index is 447. The summed E-state index contributed by atoms with van der Waals surface area (Å²) in [4.78, 5) is 23.8. The van der Waals surface area contributed by atoms with Gasteiger partial charge in [0.2, 0.25) is 5.91 Å². The summed E-state index contributed by atoms with van der Waals surface area (Å²) in [6, 6.07) is 1.53. The second-order valence-corrected chi connectivity index (χ2v) is 4.56. The number of nitrogens with zero attached hydrogens (tertiary/aromatic N) is 1. The van der Waals surface area contributed by atoms with Crippen LogP contribution < -0.4 is 5.73 Å². The number of likely N-dealkylation sites (tertiary alicyclic amines) is 1. The summed E-state index contributed by atoms with van der Waals surface area (Å²) in [7, 11) is 0. The average molecular weight is 252 g/mol. The lowest BCUT2D eigenvalue weighted by Gasteiger charge is -2.29. The molecule has 0 aliphatic carbocycles. The number of rotatable bonds is 4. The number of furan rings is 1. The molecule has 1 amide bonds. The molecule has 0 saturated carbocycles. The minimum Gasteiger partial charge on any atom is -0.478 e.